The van der Waals surface area contributed by atoms with Gasteiger partial charge in [-0.15, -0.1) is 11.3 Å². The van der Waals surface area contributed by atoms with Crippen LogP contribution < -0.4 is 5.32 Å². The third-order valence-electron chi connectivity index (χ3n) is 4.72. The Morgan fingerprint density at radius 1 is 1.22 bits per heavy atom. The molecule has 9 nitrogen and oxygen atoms in total. The molecule has 1 aliphatic rings. The van der Waals surface area contributed by atoms with E-state index in [2.05, 4.69) is 5.32 Å². The molecule has 0 saturated carbocycles. The number of methoxy groups -OCH3 is 1. The summed E-state index contributed by atoms with van der Waals surface area (Å²) in [6.07, 6.45) is -0.138. The van der Waals surface area contributed by atoms with Crippen molar-refractivity contribution < 1.29 is 36.7 Å². The second-order valence-electron chi connectivity index (χ2n) is 6.83. The molecule has 2 aromatic rings. The highest BCUT2D eigenvalue weighted by atomic mass is 32.2. The maximum atomic E-state index is 13.1. The van der Waals surface area contributed by atoms with Gasteiger partial charge in [0.15, 0.2) is 9.84 Å². The van der Waals surface area contributed by atoms with Crippen LogP contribution in [0.5, 0.6) is 0 Å². The molecule has 1 N–H and O–H groups in total. The molecule has 0 saturated heterocycles. The van der Waals surface area contributed by atoms with Crippen LogP contribution in [0.1, 0.15) is 27.7 Å². The first-order valence-corrected chi connectivity index (χ1v) is 12.1. The number of thiophene rings is 1. The van der Waals surface area contributed by atoms with Crippen LogP contribution in [-0.4, -0.2) is 57.3 Å². The lowest BCUT2D eigenvalue weighted by molar-refractivity contribution is -0.113. The minimum absolute atomic E-state index is 0.142. The zero-order valence-corrected chi connectivity index (χ0v) is 19.0. The van der Waals surface area contributed by atoms with Gasteiger partial charge in [-0.3, -0.25) is 4.79 Å². The molecule has 0 spiro atoms. The first kappa shape index (κ1) is 23.7. The van der Waals surface area contributed by atoms with Crippen molar-refractivity contribution in [2.75, 3.05) is 31.3 Å². The summed E-state index contributed by atoms with van der Waals surface area (Å²) >= 11 is 1.07. The van der Waals surface area contributed by atoms with Crippen molar-refractivity contribution in [2.45, 2.75) is 24.8 Å². The number of carbonyl (C=O) groups excluding carboxylic acids is 3. The molecule has 12 heteroatoms. The standard InChI is InChI=1S/C20H21FN2O7S2/c1-3-30-20(26)23-9-8-14-15(10-23)31-18(17(14)19(25)29-2)22-16(24)11-32(27,28)13-6-4-12(21)5-7-13/h4-7H,3,8-11H2,1-2H3,(H,22,24). The number of fused-ring (bicyclic) bond motifs is 1. The lowest BCUT2D eigenvalue weighted by atomic mass is 10.0. The summed E-state index contributed by atoms with van der Waals surface area (Å²) in [6, 6.07) is 4.13. The van der Waals surface area contributed by atoms with Crippen LogP contribution >= 0.6 is 11.3 Å². The van der Waals surface area contributed by atoms with E-state index in [1.807, 2.05) is 0 Å². The molecular weight excluding hydrogens is 463 g/mol. The minimum atomic E-state index is -4.02. The highest BCUT2D eigenvalue weighted by molar-refractivity contribution is 7.92. The highest BCUT2D eigenvalue weighted by Gasteiger charge is 2.32. The Balaban J connectivity index is 1.83. The van der Waals surface area contributed by atoms with Crippen molar-refractivity contribution in [1.29, 1.82) is 0 Å². The number of rotatable bonds is 6. The molecule has 0 atom stereocenters. The van der Waals surface area contributed by atoms with Crippen molar-refractivity contribution in [3.63, 3.8) is 0 Å². The van der Waals surface area contributed by atoms with E-state index >= 15 is 0 Å². The smallest absolute Gasteiger partial charge is 0.410 e. The van der Waals surface area contributed by atoms with Gasteiger partial charge in [0.1, 0.15) is 16.6 Å². The number of hydrogen-bond acceptors (Lipinski definition) is 8. The van der Waals surface area contributed by atoms with Crippen molar-refractivity contribution >= 4 is 44.1 Å². The third kappa shape index (κ3) is 5.07. The molecule has 0 unspecified atom stereocenters. The van der Waals surface area contributed by atoms with Gasteiger partial charge in [0.05, 0.1) is 30.7 Å². The van der Waals surface area contributed by atoms with Crippen molar-refractivity contribution in [1.82, 2.24) is 4.90 Å². The van der Waals surface area contributed by atoms with Gasteiger partial charge in [-0.1, -0.05) is 0 Å². The summed E-state index contributed by atoms with van der Waals surface area (Å²) in [5.41, 5.74) is 0.780. The van der Waals surface area contributed by atoms with E-state index in [1.165, 1.54) is 12.0 Å². The van der Waals surface area contributed by atoms with Crippen LogP contribution in [0.25, 0.3) is 0 Å². The summed E-state index contributed by atoms with van der Waals surface area (Å²) in [5.74, 6) is -3.03. The SMILES string of the molecule is CCOC(=O)N1CCc2c(sc(NC(=O)CS(=O)(=O)c3ccc(F)cc3)c2C(=O)OC)C1. The van der Waals surface area contributed by atoms with E-state index in [0.717, 1.165) is 35.6 Å². The molecule has 2 amide bonds. The van der Waals surface area contributed by atoms with Gasteiger partial charge in [0.2, 0.25) is 5.91 Å². The number of ether oxygens (including phenoxy) is 2. The Morgan fingerprint density at radius 3 is 2.53 bits per heavy atom. The first-order chi connectivity index (χ1) is 15.2. The van der Waals surface area contributed by atoms with Crippen molar-refractivity contribution in [2.24, 2.45) is 0 Å². The fourth-order valence-corrected chi connectivity index (χ4v) is 5.64. The maximum Gasteiger partial charge on any atom is 0.410 e. The number of amides is 2. The van der Waals surface area contributed by atoms with Crippen LogP contribution in [-0.2, 0) is 37.1 Å². The fraction of sp³-hybridized carbons (Fsp3) is 0.350. The van der Waals surface area contributed by atoms with Gasteiger partial charge in [-0.2, -0.15) is 0 Å². The van der Waals surface area contributed by atoms with Crippen molar-refractivity contribution in [3.8, 4) is 0 Å². The van der Waals surface area contributed by atoms with Crippen LogP contribution in [0.15, 0.2) is 29.2 Å². The molecule has 0 bridgehead atoms. The highest BCUT2D eigenvalue weighted by Crippen LogP contribution is 2.37. The Bertz CT molecular complexity index is 1140. The molecule has 0 fully saturated rings. The summed E-state index contributed by atoms with van der Waals surface area (Å²) in [6.45, 7) is 2.43. The monoisotopic (exact) mass is 484 g/mol. The molecule has 172 valence electrons. The van der Waals surface area contributed by atoms with Crippen LogP contribution in [0, 0.1) is 5.82 Å². The molecule has 1 aromatic heterocycles. The molecule has 1 aliphatic heterocycles. The number of anilines is 1. The number of halogens is 1. The van der Waals surface area contributed by atoms with E-state index in [0.29, 0.717) is 23.4 Å². The number of esters is 1. The molecule has 32 heavy (non-hydrogen) atoms. The zero-order chi connectivity index (χ0) is 23.5. The fourth-order valence-electron chi connectivity index (χ4n) is 3.24. The zero-order valence-electron chi connectivity index (χ0n) is 17.3. The quantitative estimate of drug-likeness (QED) is 0.494. The number of carbonyl (C=O) groups is 3. The van der Waals surface area contributed by atoms with Crippen molar-refractivity contribution in [3.05, 3.63) is 46.1 Å². The number of nitrogens with zero attached hydrogens (tertiary/aromatic N) is 1. The Labute approximate surface area is 188 Å². The van der Waals surface area contributed by atoms with E-state index in [9.17, 15) is 27.2 Å². The summed E-state index contributed by atoms with van der Waals surface area (Å²) in [4.78, 5) is 38.9. The van der Waals surface area contributed by atoms with Crippen LogP contribution in [0.4, 0.5) is 14.2 Å². The summed E-state index contributed by atoms with van der Waals surface area (Å²) in [5, 5.41) is 2.63. The average molecular weight is 485 g/mol. The second-order valence-corrected chi connectivity index (χ2v) is 9.93. The average Bonchev–Trinajstić information content (AvgIpc) is 3.09. The van der Waals surface area contributed by atoms with Gasteiger partial charge in [-0.05, 0) is 43.2 Å². The van der Waals surface area contributed by atoms with Gasteiger partial charge in [-0.25, -0.2) is 22.4 Å². The number of benzene rings is 1. The minimum Gasteiger partial charge on any atom is -0.465 e. The predicted octanol–water partition coefficient (Wildman–Crippen LogP) is 2.60. The number of hydrogen-bond donors (Lipinski definition) is 1. The van der Waals surface area contributed by atoms with E-state index in [-0.39, 0.29) is 28.6 Å². The van der Waals surface area contributed by atoms with Gasteiger partial charge in [0.25, 0.3) is 0 Å². The van der Waals surface area contributed by atoms with E-state index in [4.69, 9.17) is 9.47 Å². The van der Waals surface area contributed by atoms with Gasteiger partial charge >= 0.3 is 12.1 Å². The summed E-state index contributed by atoms with van der Waals surface area (Å²) < 4.78 is 47.8. The molecule has 0 aliphatic carbocycles. The molecule has 1 aromatic carbocycles. The first-order valence-electron chi connectivity index (χ1n) is 9.59. The lowest BCUT2D eigenvalue weighted by Gasteiger charge is -2.26. The molecular formula is C20H21FN2O7S2. The number of nitrogens with one attached hydrogen (secondary N) is 1. The lowest BCUT2D eigenvalue weighted by Crippen LogP contribution is -2.36. The Kier molecular flexibility index (Phi) is 7.14. The van der Waals surface area contributed by atoms with Crippen LogP contribution in [0.3, 0.4) is 0 Å². The topological polar surface area (TPSA) is 119 Å². The molecule has 3 rings (SSSR count). The predicted molar refractivity (Wildman–Crippen MR) is 114 cm³/mol. The van der Waals surface area contributed by atoms with Crippen LogP contribution in [0.2, 0.25) is 0 Å². The molecule has 0 radical (unpaired) electrons. The number of sulfone groups is 1. The summed E-state index contributed by atoms with van der Waals surface area (Å²) in [7, 11) is -2.82. The maximum absolute atomic E-state index is 13.1. The van der Waals surface area contributed by atoms with E-state index in [1.54, 1.807) is 6.92 Å². The second kappa shape index (κ2) is 9.65. The third-order valence-corrected chi connectivity index (χ3v) is 7.48. The molecule has 2 heterocycles. The normalized spacial score (nSPS) is 13.3. The Morgan fingerprint density at radius 2 is 1.91 bits per heavy atom. The van der Waals surface area contributed by atoms with E-state index < -0.39 is 39.4 Å². The van der Waals surface area contributed by atoms with Gasteiger partial charge < -0.3 is 19.7 Å². The van der Waals surface area contributed by atoms with Gasteiger partial charge in [0, 0.05) is 11.4 Å². The Hall–Kier alpha value is -2.99. The largest absolute Gasteiger partial charge is 0.465 e.